The van der Waals surface area contributed by atoms with Crippen LogP contribution < -0.4 is 25.4 Å². The number of aromatic nitrogens is 1. The van der Waals surface area contributed by atoms with Gasteiger partial charge in [-0.3, -0.25) is 29.0 Å². The highest BCUT2D eigenvalue weighted by Gasteiger charge is 2.64. The van der Waals surface area contributed by atoms with E-state index in [0.717, 1.165) is 21.7 Å². The number of nitrogens with one attached hydrogen (secondary N) is 3. The van der Waals surface area contributed by atoms with E-state index in [1.165, 1.54) is 4.90 Å². The quantitative estimate of drug-likeness (QED) is 0.0828. The van der Waals surface area contributed by atoms with Crippen LogP contribution in [-0.2, 0) is 14.4 Å². The molecule has 5 N–H and O–H groups in total. The molecule has 7 rings (SSSR count). The predicted molar refractivity (Wildman–Crippen MR) is 277 cm³/mol. The van der Waals surface area contributed by atoms with E-state index in [1.54, 1.807) is 53.8 Å². The number of carbonyl (C=O) groups excluding carboxylic acids is 4. The van der Waals surface area contributed by atoms with Crippen molar-refractivity contribution in [3.63, 3.8) is 0 Å². The van der Waals surface area contributed by atoms with Crippen molar-refractivity contribution in [2.75, 3.05) is 52.5 Å². The summed E-state index contributed by atoms with van der Waals surface area (Å²) >= 11 is 7.82. The summed E-state index contributed by atoms with van der Waals surface area (Å²) in [5.41, 5.74) is 3.99. The van der Waals surface area contributed by atoms with E-state index in [4.69, 9.17) is 21.1 Å². The number of aliphatic hydroxyl groups is 2. The maximum absolute atomic E-state index is 14.4. The van der Waals surface area contributed by atoms with Gasteiger partial charge in [0.15, 0.2) is 0 Å². The summed E-state index contributed by atoms with van der Waals surface area (Å²) in [7, 11) is 0. The van der Waals surface area contributed by atoms with Gasteiger partial charge in [0.25, 0.3) is 5.91 Å². The molecule has 1 aromatic heterocycles. The number of aliphatic hydroxyl groups excluding tert-OH is 2. The Morgan fingerprint density at radius 3 is 2.19 bits per heavy atom. The summed E-state index contributed by atoms with van der Waals surface area (Å²) in [4.78, 5) is 66.5. The van der Waals surface area contributed by atoms with Crippen molar-refractivity contribution >= 4 is 46.6 Å². The van der Waals surface area contributed by atoms with E-state index in [2.05, 4.69) is 59.6 Å². The number of thiazole rings is 1. The van der Waals surface area contributed by atoms with Crippen LogP contribution in [0, 0.1) is 34.5 Å². The molecule has 3 heterocycles. The zero-order valence-electron chi connectivity index (χ0n) is 42.7. The van der Waals surface area contributed by atoms with Crippen LogP contribution >= 0.6 is 22.9 Å². The van der Waals surface area contributed by atoms with Gasteiger partial charge in [0.05, 0.1) is 45.4 Å². The lowest BCUT2D eigenvalue weighted by Crippen LogP contribution is -2.74. The topological polar surface area (TPSA) is 210 Å². The fourth-order valence-electron chi connectivity index (χ4n) is 10.7. The molecule has 3 aromatic carbocycles. The minimum Gasteiger partial charge on any atom is -0.492 e. The Morgan fingerprint density at radius 2 is 1.61 bits per heavy atom. The molecule has 3 fully saturated rings. The predicted octanol–water partition coefficient (Wildman–Crippen LogP) is 5.98. The van der Waals surface area contributed by atoms with Gasteiger partial charge in [0.1, 0.15) is 48.4 Å². The molecule has 4 aromatic rings. The molecule has 5 atom stereocenters. The number of halogens is 1. The summed E-state index contributed by atoms with van der Waals surface area (Å²) in [6.45, 7) is 20.3. The molecule has 0 bridgehead atoms. The van der Waals surface area contributed by atoms with E-state index < -0.39 is 64.8 Å². The van der Waals surface area contributed by atoms with E-state index in [1.807, 2.05) is 69.3 Å². The van der Waals surface area contributed by atoms with Crippen LogP contribution in [0.5, 0.6) is 11.5 Å². The van der Waals surface area contributed by atoms with Crippen LogP contribution in [-0.4, -0.2) is 142 Å². The minimum absolute atomic E-state index is 0.0514. The van der Waals surface area contributed by atoms with Crippen molar-refractivity contribution in [1.29, 1.82) is 5.26 Å². The largest absolute Gasteiger partial charge is 0.492 e. The third-order valence-electron chi connectivity index (χ3n) is 14.6. The smallest absolute Gasteiger partial charge is 0.251 e. The number of piperazine rings is 1. The van der Waals surface area contributed by atoms with Gasteiger partial charge in [-0.2, -0.15) is 5.26 Å². The van der Waals surface area contributed by atoms with Crippen LogP contribution in [0.3, 0.4) is 0 Å². The first-order chi connectivity index (χ1) is 34.0. The van der Waals surface area contributed by atoms with Crippen molar-refractivity contribution in [1.82, 2.24) is 35.6 Å². The summed E-state index contributed by atoms with van der Waals surface area (Å²) < 4.78 is 12.4. The third kappa shape index (κ3) is 11.9. The maximum Gasteiger partial charge on any atom is 0.251 e. The van der Waals surface area contributed by atoms with Crippen molar-refractivity contribution in [2.24, 2.45) is 16.2 Å². The van der Waals surface area contributed by atoms with E-state index >= 15 is 0 Å². The average Bonchev–Trinajstić information content (AvgIpc) is 3.96. The zero-order chi connectivity index (χ0) is 52.3. The first-order valence-electron chi connectivity index (χ1n) is 24.6. The molecule has 2 saturated heterocycles. The number of benzene rings is 3. The Hall–Kier alpha value is -5.61. The number of nitriles is 1. The molecule has 1 saturated carbocycles. The number of ether oxygens (including phenoxy) is 2. The molecule has 0 radical (unpaired) electrons. The Morgan fingerprint density at radius 1 is 0.958 bits per heavy atom. The number of nitrogens with zero attached hydrogens (tertiary/aromatic N) is 5. The normalized spacial score (nSPS) is 22.1. The SMILES string of the molecule is Cc1ncsc1-c1ccc([C@H](C)NC(=O)[C@@H]2C[C@@H](O)CN2C(=O)[C@@H](NC(=O)[C@H](CO)N2CCN(CCOc3ccc(C(=O)N[C@H]4C(C)(C)[C@H](Oc5ccc(C#N)c(Cl)c5)C4(C)C)cc3)CC2)C(C)(C)C)cc1. The number of β-amino-alcohol motifs (C(OH)–C–C–N with tert-alkyl or cyclic N) is 1. The molecular formula is C54H69ClN8O8S. The van der Waals surface area contributed by atoms with Crippen LogP contribution in [0.25, 0.3) is 10.4 Å². The summed E-state index contributed by atoms with van der Waals surface area (Å²) in [5.74, 6) is -0.368. The fraction of sp³-hybridized carbons (Fsp3) is 0.519. The highest BCUT2D eigenvalue weighted by atomic mass is 35.5. The molecule has 1 aliphatic carbocycles. The van der Waals surface area contributed by atoms with Gasteiger partial charge in [-0.15, -0.1) is 11.3 Å². The van der Waals surface area contributed by atoms with Crippen molar-refractivity contribution in [3.8, 4) is 28.0 Å². The molecule has 18 heteroatoms. The number of likely N-dealkylation sites (tertiary alicyclic amines) is 1. The number of carbonyl (C=O) groups is 4. The van der Waals surface area contributed by atoms with Gasteiger partial charge in [-0.25, -0.2) is 4.98 Å². The molecular weight excluding hydrogens is 956 g/mol. The fourth-order valence-corrected chi connectivity index (χ4v) is 11.7. The Bertz CT molecular complexity index is 2610. The van der Waals surface area contributed by atoms with Crippen LogP contribution in [0.4, 0.5) is 0 Å². The number of hydrogen-bond donors (Lipinski definition) is 5. The van der Waals surface area contributed by atoms with E-state index in [9.17, 15) is 34.7 Å². The van der Waals surface area contributed by atoms with E-state index in [-0.39, 0.29) is 37.1 Å². The highest BCUT2D eigenvalue weighted by Crippen LogP contribution is 2.55. The molecule has 16 nitrogen and oxygen atoms in total. The highest BCUT2D eigenvalue weighted by molar-refractivity contribution is 7.13. The lowest BCUT2D eigenvalue weighted by molar-refractivity contribution is -0.164. The zero-order valence-corrected chi connectivity index (χ0v) is 44.3. The number of amides is 4. The maximum atomic E-state index is 14.4. The van der Waals surface area contributed by atoms with Gasteiger partial charge in [0.2, 0.25) is 17.7 Å². The summed E-state index contributed by atoms with van der Waals surface area (Å²) in [5, 5.41) is 40.0. The molecule has 72 heavy (non-hydrogen) atoms. The standard InChI is InChI=1S/C54H69ClN8O8S/c1-32(34-10-12-35(13-11-34)44-33(2)57-31-72-44)58-47(67)42-26-38(65)29-63(42)49(69)45(52(3,4)5)59-48(68)43(30-64)62-22-20-61(21-23-62)24-25-70-39-17-14-36(15-18-39)46(66)60-50-53(6,7)51(54(50,8)9)71-40-19-16-37(28-56)41(55)27-40/h10-19,27,31-32,38,42-43,45,50-51,64-65H,20-26,29-30H2,1-9H3,(H,58,67)(H,59,68)(H,60,66)/t32-,38+,42-,43-,45+,50-,51-/m0/s1. The number of aryl methyl sites for hydroxylation is 1. The van der Waals surface area contributed by atoms with Crippen molar-refractivity contribution in [3.05, 3.63) is 99.6 Å². The Labute approximate surface area is 432 Å². The molecule has 386 valence electrons. The van der Waals surface area contributed by atoms with Crippen LogP contribution in [0.1, 0.15) is 95.0 Å². The number of rotatable bonds is 17. The molecule has 3 aliphatic rings. The van der Waals surface area contributed by atoms with Gasteiger partial charge in [-0.05, 0) is 66.8 Å². The van der Waals surface area contributed by atoms with Crippen molar-refractivity contribution < 1.29 is 38.9 Å². The van der Waals surface area contributed by atoms with Gasteiger partial charge in [0, 0.05) is 74.2 Å². The first-order valence-corrected chi connectivity index (χ1v) is 25.9. The minimum atomic E-state index is -1.04. The monoisotopic (exact) mass is 1020 g/mol. The van der Waals surface area contributed by atoms with Crippen LogP contribution in [0.2, 0.25) is 5.02 Å². The second kappa shape index (κ2) is 22.2. The lowest BCUT2D eigenvalue weighted by atomic mass is 9.49. The summed E-state index contributed by atoms with van der Waals surface area (Å²) in [6.07, 6.45) is -1.07. The second-order valence-electron chi connectivity index (χ2n) is 21.6. The van der Waals surface area contributed by atoms with Gasteiger partial charge >= 0.3 is 0 Å². The Kier molecular flexibility index (Phi) is 16.7. The Balaban J connectivity index is 0.862. The molecule has 2 aliphatic heterocycles. The molecule has 0 unspecified atom stereocenters. The van der Waals surface area contributed by atoms with Gasteiger partial charge < -0.3 is 40.5 Å². The van der Waals surface area contributed by atoms with Gasteiger partial charge in [-0.1, -0.05) is 84.3 Å². The lowest BCUT2D eigenvalue weighted by Gasteiger charge is -2.63. The molecule has 0 spiro atoms. The second-order valence-corrected chi connectivity index (χ2v) is 22.8. The summed E-state index contributed by atoms with van der Waals surface area (Å²) in [6, 6.07) is 18.6. The first kappa shape index (κ1) is 54.2. The molecule has 4 amide bonds. The van der Waals surface area contributed by atoms with Crippen LogP contribution in [0.15, 0.2) is 72.2 Å². The number of hydrogen-bond acceptors (Lipinski definition) is 13. The van der Waals surface area contributed by atoms with Crippen molar-refractivity contribution in [2.45, 2.75) is 111 Å². The average molecular weight is 1030 g/mol. The third-order valence-corrected chi connectivity index (χ3v) is 15.9. The van der Waals surface area contributed by atoms with E-state index in [0.29, 0.717) is 67.0 Å².